The van der Waals surface area contributed by atoms with Gasteiger partial charge in [-0.3, -0.25) is 0 Å². The van der Waals surface area contributed by atoms with Crippen molar-refractivity contribution in [3.8, 4) is 0 Å². The van der Waals surface area contributed by atoms with Crippen molar-refractivity contribution in [1.29, 1.82) is 0 Å². The molecule has 1 saturated heterocycles. The number of hydrogen-bond donors (Lipinski definition) is 0. The van der Waals surface area contributed by atoms with Gasteiger partial charge >= 0.3 is 6.01 Å². The molecule has 0 bridgehead atoms. The Morgan fingerprint density at radius 3 is 3.00 bits per heavy atom. The molecule has 1 aliphatic heterocycles. The van der Waals surface area contributed by atoms with Gasteiger partial charge in [-0.2, -0.15) is 0 Å². The SMILES string of the molecule is ClCc1nnc(N2CCOC3CCCCC32)o1. The Hall–Kier alpha value is -0.810. The third-order valence-corrected chi connectivity index (χ3v) is 3.78. The van der Waals surface area contributed by atoms with Gasteiger partial charge in [-0.15, -0.1) is 16.7 Å². The maximum atomic E-state index is 5.81. The number of rotatable bonds is 2. The van der Waals surface area contributed by atoms with Gasteiger partial charge in [-0.05, 0) is 12.8 Å². The summed E-state index contributed by atoms with van der Waals surface area (Å²) in [4.78, 5) is 2.19. The maximum absolute atomic E-state index is 5.81. The van der Waals surface area contributed by atoms with Crippen molar-refractivity contribution >= 4 is 17.6 Å². The third kappa shape index (κ3) is 2.13. The zero-order chi connectivity index (χ0) is 11.7. The van der Waals surface area contributed by atoms with Gasteiger partial charge in [0, 0.05) is 6.54 Å². The molecule has 2 atom stereocenters. The van der Waals surface area contributed by atoms with Crippen LogP contribution in [0.1, 0.15) is 31.6 Å². The van der Waals surface area contributed by atoms with Crippen LogP contribution in [0.3, 0.4) is 0 Å². The Labute approximate surface area is 105 Å². The molecule has 0 aromatic carbocycles. The average molecular weight is 258 g/mol. The van der Waals surface area contributed by atoms with E-state index in [-0.39, 0.29) is 5.88 Å². The highest BCUT2D eigenvalue weighted by Crippen LogP contribution is 2.31. The number of alkyl halides is 1. The molecule has 0 radical (unpaired) electrons. The minimum absolute atomic E-state index is 0.269. The first-order valence-corrected chi connectivity index (χ1v) is 6.68. The van der Waals surface area contributed by atoms with Crippen LogP contribution in [0.25, 0.3) is 0 Å². The molecule has 3 rings (SSSR count). The number of morpholine rings is 1. The van der Waals surface area contributed by atoms with Gasteiger partial charge in [0.1, 0.15) is 5.88 Å². The lowest BCUT2D eigenvalue weighted by Crippen LogP contribution is -2.53. The molecule has 2 aliphatic rings. The van der Waals surface area contributed by atoms with Crippen molar-refractivity contribution in [3.05, 3.63) is 5.89 Å². The number of hydrogen-bond acceptors (Lipinski definition) is 5. The predicted molar refractivity (Wildman–Crippen MR) is 63.2 cm³/mol. The molecule has 1 saturated carbocycles. The monoisotopic (exact) mass is 257 g/mol. The van der Waals surface area contributed by atoms with Crippen LogP contribution in [-0.2, 0) is 10.6 Å². The Morgan fingerprint density at radius 1 is 1.29 bits per heavy atom. The van der Waals surface area contributed by atoms with E-state index in [0.29, 0.717) is 24.1 Å². The van der Waals surface area contributed by atoms with E-state index in [4.69, 9.17) is 20.8 Å². The summed E-state index contributed by atoms with van der Waals surface area (Å²) < 4.78 is 11.3. The molecule has 0 spiro atoms. The van der Waals surface area contributed by atoms with Crippen molar-refractivity contribution in [2.75, 3.05) is 18.1 Å². The molecular weight excluding hydrogens is 242 g/mol. The fraction of sp³-hybridized carbons (Fsp3) is 0.818. The molecule has 17 heavy (non-hydrogen) atoms. The molecule has 0 N–H and O–H groups in total. The molecule has 2 fully saturated rings. The minimum atomic E-state index is 0.269. The number of aromatic nitrogens is 2. The van der Waals surface area contributed by atoms with Gasteiger partial charge in [0.25, 0.3) is 0 Å². The molecule has 2 heterocycles. The van der Waals surface area contributed by atoms with Crippen molar-refractivity contribution in [2.45, 2.75) is 43.7 Å². The smallest absolute Gasteiger partial charge is 0.318 e. The summed E-state index contributed by atoms with van der Waals surface area (Å²) in [7, 11) is 0. The predicted octanol–water partition coefficient (Wildman–Crippen LogP) is 1.96. The van der Waals surface area contributed by atoms with Gasteiger partial charge in [0.2, 0.25) is 5.89 Å². The van der Waals surface area contributed by atoms with Gasteiger partial charge in [0.05, 0.1) is 18.8 Å². The number of fused-ring (bicyclic) bond motifs is 1. The molecule has 94 valence electrons. The maximum Gasteiger partial charge on any atom is 0.318 e. The molecule has 1 aromatic heterocycles. The third-order valence-electron chi connectivity index (χ3n) is 3.55. The van der Waals surface area contributed by atoms with E-state index >= 15 is 0 Å². The van der Waals surface area contributed by atoms with Crippen LogP contribution >= 0.6 is 11.6 Å². The van der Waals surface area contributed by atoms with Crippen LogP contribution in [0.15, 0.2) is 4.42 Å². The topological polar surface area (TPSA) is 51.4 Å². The second kappa shape index (κ2) is 4.82. The molecule has 0 amide bonds. The van der Waals surface area contributed by atoms with Crippen molar-refractivity contribution in [3.63, 3.8) is 0 Å². The normalized spacial score (nSPS) is 29.1. The molecule has 2 unspecified atom stereocenters. The largest absolute Gasteiger partial charge is 0.407 e. The van der Waals surface area contributed by atoms with Crippen LogP contribution in [0.4, 0.5) is 6.01 Å². The van der Waals surface area contributed by atoms with Gasteiger partial charge in [-0.1, -0.05) is 17.9 Å². The molecule has 5 nitrogen and oxygen atoms in total. The van der Waals surface area contributed by atoms with E-state index in [2.05, 4.69) is 15.1 Å². The second-order valence-electron chi connectivity index (χ2n) is 4.57. The van der Waals surface area contributed by atoms with Crippen LogP contribution < -0.4 is 4.90 Å². The van der Waals surface area contributed by atoms with Crippen LogP contribution in [0, 0.1) is 0 Å². The van der Waals surface area contributed by atoms with Crippen molar-refractivity contribution in [1.82, 2.24) is 10.2 Å². The summed E-state index contributed by atoms with van der Waals surface area (Å²) >= 11 is 5.68. The highest BCUT2D eigenvalue weighted by Gasteiger charge is 2.36. The number of nitrogens with zero attached hydrogens (tertiary/aromatic N) is 3. The fourth-order valence-corrected chi connectivity index (χ4v) is 2.86. The summed E-state index contributed by atoms with van der Waals surface area (Å²) in [6.07, 6.45) is 5.10. The van der Waals surface area contributed by atoms with Crippen LogP contribution in [0.5, 0.6) is 0 Å². The van der Waals surface area contributed by atoms with Gasteiger partial charge in [-0.25, -0.2) is 0 Å². The Kier molecular flexibility index (Phi) is 3.20. The van der Waals surface area contributed by atoms with E-state index in [9.17, 15) is 0 Å². The summed E-state index contributed by atoms with van der Waals surface area (Å²) in [5.74, 6) is 0.756. The lowest BCUT2D eigenvalue weighted by Gasteiger charge is -2.42. The summed E-state index contributed by atoms with van der Waals surface area (Å²) in [5.41, 5.74) is 0. The van der Waals surface area contributed by atoms with E-state index in [0.717, 1.165) is 26.0 Å². The first-order valence-electron chi connectivity index (χ1n) is 6.15. The number of anilines is 1. The van der Waals surface area contributed by atoms with Crippen LogP contribution in [0.2, 0.25) is 0 Å². The van der Waals surface area contributed by atoms with E-state index < -0.39 is 0 Å². The zero-order valence-corrected chi connectivity index (χ0v) is 10.4. The molecular formula is C11H16ClN3O2. The summed E-state index contributed by atoms with van der Waals surface area (Å²) in [5, 5.41) is 7.99. The summed E-state index contributed by atoms with van der Waals surface area (Å²) in [6, 6.07) is 0.988. The first kappa shape index (κ1) is 11.3. The Balaban J connectivity index is 1.80. The Bertz CT molecular complexity index is 383. The lowest BCUT2D eigenvalue weighted by molar-refractivity contribution is -0.0106. The van der Waals surface area contributed by atoms with Crippen molar-refractivity contribution < 1.29 is 9.15 Å². The van der Waals surface area contributed by atoms with Gasteiger partial charge < -0.3 is 14.1 Å². The molecule has 6 heteroatoms. The number of halogens is 1. The first-order chi connectivity index (χ1) is 8.38. The second-order valence-corrected chi connectivity index (χ2v) is 4.83. The lowest BCUT2D eigenvalue weighted by atomic mass is 9.90. The van der Waals surface area contributed by atoms with Gasteiger partial charge in [0.15, 0.2) is 0 Å². The van der Waals surface area contributed by atoms with E-state index in [1.54, 1.807) is 0 Å². The molecule has 1 aromatic rings. The standard InChI is InChI=1S/C11H16ClN3O2/c12-7-10-13-14-11(17-10)15-5-6-16-9-4-2-1-3-8(9)15/h8-9H,1-7H2. The quantitative estimate of drug-likeness (QED) is 0.758. The highest BCUT2D eigenvalue weighted by molar-refractivity contribution is 6.16. The molecule has 1 aliphatic carbocycles. The highest BCUT2D eigenvalue weighted by atomic mass is 35.5. The fourth-order valence-electron chi connectivity index (χ4n) is 2.75. The van der Waals surface area contributed by atoms with E-state index in [1.807, 2.05) is 0 Å². The van der Waals surface area contributed by atoms with E-state index in [1.165, 1.54) is 12.8 Å². The minimum Gasteiger partial charge on any atom is -0.407 e. The zero-order valence-electron chi connectivity index (χ0n) is 9.64. The number of ether oxygens (including phenoxy) is 1. The summed E-state index contributed by atoms with van der Waals surface area (Å²) in [6.45, 7) is 1.56. The average Bonchev–Trinajstić information content (AvgIpc) is 2.87. The van der Waals surface area contributed by atoms with Crippen LogP contribution in [-0.4, -0.2) is 35.5 Å². The van der Waals surface area contributed by atoms with Crippen molar-refractivity contribution in [2.24, 2.45) is 0 Å². The Morgan fingerprint density at radius 2 is 2.18 bits per heavy atom.